The molecule has 2 rings (SSSR count). The van der Waals surface area contributed by atoms with Gasteiger partial charge in [-0.15, -0.1) is 0 Å². The molecule has 0 bridgehead atoms. The summed E-state index contributed by atoms with van der Waals surface area (Å²) in [5, 5.41) is 0. The van der Waals surface area contributed by atoms with Crippen LogP contribution in [0.25, 0.3) is 0 Å². The molecule has 4 nitrogen and oxygen atoms in total. The summed E-state index contributed by atoms with van der Waals surface area (Å²) in [7, 11) is -4.59. The van der Waals surface area contributed by atoms with Gasteiger partial charge in [0.2, 0.25) is 10.4 Å². The van der Waals surface area contributed by atoms with E-state index in [1.807, 2.05) is 13.0 Å². The van der Waals surface area contributed by atoms with Crippen molar-refractivity contribution in [3.05, 3.63) is 68.8 Å². The number of hydrogen-bond acceptors (Lipinski definition) is 4. The molecule has 2 aromatic carbocycles. The zero-order chi connectivity index (χ0) is 19.1. The predicted octanol–water partition coefficient (Wildman–Crippen LogP) is 4.95. The van der Waals surface area contributed by atoms with Crippen molar-refractivity contribution in [1.82, 2.24) is 0 Å². The van der Waals surface area contributed by atoms with Crippen molar-refractivity contribution in [1.29, 1.82) is 0 Å². The molecule has 0 saturated carbocycles. The van der Waals surface area contributed by atoms with Crippen molar-refractivity contribution in [2.75, 3.05) is 0 Å². The molecule has 2 aromatic rings. The predicted molar refractivity (Wildman–Crippen MR) is 108 cm³/mol. The summed E-state index contributed by atoms with van der Waals surface area (Å²) < 4.78 is 35.7. The van der Waals surface area contributed by atoms with Crippen LogP contribution in [0, 0.1) is 10.5 Å². The third-order valence-corrected chi connectivity index (χ3v) is 5.09. The highest BCUT2D eigenvalue weighted by molar-refractivity contribution is 14.1. The van der Waals surface area contributed by atoms with E-state index in [1.165, 1.54) is 15.6 Å². The van der Waals surface area contributed by atoms with Crippen molar-refractivity contribution in [2.24, 2.45) is 0 Å². The maximum absolute atomic E-state index is 10.1. The minimum Gasteiger partial charge on any atom is -0.726 e. The van der Waals surface area contributed by atoms with Crippen LogP contribution in [0.5, 0.6) is 0 Å². The molecule has 0 fully saturated rings. The lowest BCUT2D eigenvalue weighted by molar-refractivity contribution is 0.253. The summed E-state index contributed by atoms with van der Waals surface area (Å²) in [6.07, 6.45) is 1.19. The Labute approximate surface area is 164 Å². The highest BCUT2D eigenvalue weighted by atomic mass is 127. The molecule has 0 N–H and O–H groups in total. The van der Waals surface area contributed by atoms with Gasteiger partial charge in [-0.3, -0.25) is 4.18 Å². The van der Waals surface area contributed by atoms with Gasteiger partial charge >= 0.3 is 0 Å². The normalized spacial score (nSPS) is 11.6. The van der Waals surface area contributed by atoms with Crippen LogP contribution >= 0.6 is 22.6 Å². The minimum absolute atomic E-state index is 0.201. The molecule has 0 radical (unpaired) electrons. The summed E-state index contributed by atoms with van der Waals surface area (Å²) in [6, 6.07) is 15.9. The average molecular weight is 475 g/mol. The highest BCUT2D eigenvalue weighted by Crippen LogP contribution is 2.26. The van der Waals surface area contributed by atoms with Crippen LogP contribution < -0.4 is 0 Å². The molecule has 0 heterocycles. The molecular formula is C19H24IO4S-. The third-order valence-electron chi connectivity index (χ3n) is 3.96. The fraction of sp³-hybridized carbons (Fsp3) is 0.368. The van der Waals surface area contributed by atoms with Gasteiger partial charge in [0.05, 0.1) is 6.61 Å². The number of aryl methyl sites for hydroxylation is 1. The fourth-order valence-corrected chi connectivity index (χ4v) is 2.69. The van der Waals surface area contributed by atoms with Crippen LogP contribution in [-0.4, -0.2) is 13.0 Å². The lowest BCUT2D eigenvalue weighted by atomic mass is 9.82. The van der Waals surface area contributed by atoms with Gasteiger partial charge in [-0.2, -0.15) is 0 Å². The number of benzene rings is 2. The zero-order valence-electron chi connectivity index (χ0n) is 15.0. The first-order valence-corrected chi connectivity index (χ1v) is 10.4. The maximum atomic E-state index is 10.1. The quantitative estimate of drug-likeness (QED) is 0.349. The second-order valence-electron chi connectivity index (χ2n) is 6.40. The van der Waals surface area contributed by atoms with Gasteiger partial charge in [-0.25, -0.2) is 8.42 Å². The smallest absolute Gasteiger partial charge is 0.217 e. The van der Waals surface area contributed by atoms with E-state index in [1.54, 1.807) is 18.2 Å². The van der Waals surface area contributed by atoms with Crippen molar-refractivity contribution in [3.63, 3.8) is 0 Å². The Morgan fingerprint density at radius 2 is 1.72 bits per heavy atom. The molecule has 0 amide bonds. The molecule has 0 aliphatic heterocycles. The molecule has 25 heavy (non-hydrogen) atoms. The van der Waals surface area contributed by atoms with E-state index < -0.39 is 10.4 Å². The van der Waals surface area contributed by atoms with Gasteiger partial charge in [0, 0.05) is 3.57 Å². The Morgan fingerprint density at radius 1 is 1.12 bits per heavy atom. The molecule has 138 valence electrons. The van der Waals surface area contributed by atoms with E-state index in [4.69, 9.17) is 0 Å². The first-order valence-electron chi connectivity index (χ1n) is 7.95. The topological polar surface area (TPSA) is 66.4 Å². The molecule has 0 aliphatic rings. The molecule has 0 aromatic heterocycles. The van der Waals surface area contributed by atoms with Gasteiger partial charge in [0.25, 0.3) is 0 Å². The number of halogens is 1. The molecule has 0 unspecified atom stereocenters. The monoisotopic (exact) mass is 475 g/mol. The summed E-state index contributed by atoms with van der Waals surface area (Å²) in [5.41, 5.74) is 3.42. The first-order chi connectivity index (χ1) is 11.5. The van der Waals surface area contributed by atoms with E-state index in [0.29, 0.717) is 11.0 Å². The van der Waals surface area contributed by atoms with Gasteiger partial charge in [-0.1, -0.05) is 62.7 Å². The van der Waals surface area contributed by atoms with Crippen LogP contribution in [0.3, 0.4) is 0 Å². The Balaban J connectivity index is 0.000000251. The summed E-state index contributed by atoms with van der Waals surface area (Å²) in [5.74, 6) is 0. The van der Waals surface area contributed by atoms with Gasteiger partial charge in [0.1, 0.15) is 0 Å². The van der Waals surface area contributed by atoms with Crippen LogP contribution in [0.15, 0.2) is 48.5 Å². The minimum atomic E-state index is -4.59. The third kappa shape index (κ3) is 8.80. The molecule has 6 heteroatoms. The van der Waals surface area contributed by atoms with Crippen molar-refractivity contribution < 1.29 is 17.2 Å². The lowest BCUT2D eigenvalue weighted by Gasteiger charge is -2.23. The molecule has 0 atom stereocenters. The maximum Gasteiger partial charge on any atom is 0.217 e. The lowest BCUT2D eigenvalue weighted by Crippen LogP contribution is -2.14. The standard InChI is InChI=1S/C11H15I.C8H10O4S/c1-4-11(2,3)9-5-7-10(12)8-6-9;1-7-3-2-4-8(5-7)6-12-13(9,10)11/h5-8H,4H2,1-3H3;2-5H,6H2,1H3,(H,9,10,11)/p-1. The molecule has 0 saturated heterocycles. The summed E-state index contributed by atoms with van der Waals surface area (Å²) >= 11 is 2.34. The second kappa shape index (κ2) is 9.66. The van der Waals surface area contributed by atoms with Gasteiger partial charge < -0.3 is 4.55 Å². The van der Waals surface area contributed by atoms with E-state index in [9.17, 15) is 13.0 Å². The average Bonchev–Trinajstić information content (AvgIpc) is 2.53. The number of hydrogen-bond donors (Lipinski definition) is 0. The van der Waals surface area contributed by atoms with Crippen LogP contribution in [0.1, 0.15) is 43.9 Å². The van der Waals surface area contributed by atoms with Crippen molar-refractivity contribution >= 4 is 33.0 Å². The Kier molecular flexibility index (Phi) is 8.53. The molecular weight excluding hydrogens is 451 g/mol. The summed E-state index contributed by atoms with van der Waals surface area (Å²) in [6.45, 7) is 8.48. The van der Waals surface area contributed by atoms with Crippen molar-refractivity contribution in [3.8, 4) is 0 Å². The van der Waals surface area contributed by atoms with Crippen LogP contribution in [0.2, 0.25) is 0 Å². The van der Waals surface area contributed by atoms with Gasteiger partial charge in [-0.05, 0) is 64.6 Å². The van der Waals surface area contributed by atoms with E-state index in [2.05, 4.69) is 71.8 Å². The van der Waals surface area contributed by atoms with Crippen molar-refractivity contribution in [2.45, 2.75) is 46.1 Å². The Hall–Kier alpha value is -0.960. The number of rotatable bonds is 5. The zero-order valence-corrected chi connectivity index (χ0v) is 17.9. The van der Waals surface area contributed by atoms with E-state index in [-0.39, 0.29) is 6.61 Å². The van der Waals surface area contributed by atoms with E-state index >= 15 is 0 Å². The molecule has 0 aliphatic carbocycles. The van der Waals surface area contributed by atoms with E-state index in [0.717, 1.165) is 5.56 Å². The Morgan fingerprint density at radius 3 is 2.20 bits per heavy atom. The first kappa shape index (κ1) is 22.1. The second-order valence-corrected chi connectivity index (χ2v) is 8.70. The SMILES string of the molecule is CCC(C)(C)c1ccc(I)cc1.Cc1cccc(COS(=O)(=O)[O-])c1. The van der Waals surface area contributed by atoms with Gasteiger partial charge in [0.15, 0.2) is 0 Å². The fourth-order valence-electron chi connectivity index (χ4n) is 2.05. The Bertz CT molecular complexity index is 768. The molecule has 0 spiro atoms. The highest BCUT2D eigenvalue weighted by Gasteiger charge is 2.16. The van der Waals surface area contributed by atoms with Crippen LogP contribution in [0.4, 0.5) is 0 Å². The largest absolute Gasteiger partial charge is 0.726 e. The summed E-state index contributed by atoms with van der Waals surface area (Å²) in [4.78, 5) is 0. The van der Waals surface area contributed by atoms with Crippen LogP contribution in [-0.2, 0) is 26.6 Å².